The van der Waals surface area contributed by atoms with Gasteiger partial charge in [0.15, 0.2) is 0 Å². The van der Waals surface area contributed by atoms with Crippen LogP contribution < -0.4 is 10.6 Å². The lowest BCUT2D eigenvalue weighted by Gasteiger charge is -2.53. The smallest absolute Gasteiger partial charge is 0.310 e. The van der Waals surface area contributed by atoms with Gasteiger partial charge < -0.3 is 24.8 Å². The minimum absolute atomic E-state index is 0.131. The third kappa shape index (κ3) is 8.81. The van der Waals surface area contributed by atoms with Gasteiger partial charge in [-0.25, -0.2) is 0 Å². The Kier molecular flexibility index (Phi) is 9.69. The van der Waals surface area contributed by atoms with E-state index in [9.17, 15) is 14.4 Å². The lowest BCUT2D eigenvalue weighted by atomic mass is 9.78. The van der Waals surface area contributed by atoms with E-state index < -0.39 is 29.7 Å². The van der Waals surface area contributed by atoms with E-state index in [0.717, 1.165) is 12.8 Å². The maximum absolute atomic E-state index is 13.9. The fraction of sp³-hybridized carbons (Fsp3) is 0.917. The Bertz CT molecular complexity index is 1030. The topological polar surface area (TPSA) is 106 Å². The van der Waals surface area contributed by atoms with Crippen LogP contribution in [0.1, 0.15) is 134 Å². The average Bonchev–Trinajstić information content (AvgIpc) is 3.24. The van der Waals surface area contributed by atoms with Gasteiger partial charge in [-0.3, -0.25) is 19.3 Å². The summed E-state index contributed by atoms with van der Waals surface area (Å²) < 4.78 is 18.5. The van der Waals surface area contributed by atoms with Crippen molar-refractivity contribution in [1.82, 2.24) is 15.5 Å². The van der Waals surface area contributed by atoms with Crippen LogP contribution in [0.15, 0.2) is 0 Å². The Morgan fingerprint density at radius 2 is 0.800 bits per heavy atom. The Balaban J connectivity index is 1.51. The van der Waals surface area contributed by atoms with Gasteiger partial charge in [-0.1, -0.05) is 0 Å². The van der Waals surface area contributed by atoms with E-state index in [1.165, 1.54) is 0 Å². The molecule has 2 atom stereocenters. The van der Waals surface area contributed by atoms with Gasteiger partial charge in [-0.2, -0.15) is 0 Å². The number of ether oxygens (including phenoxy) is 3. The number of piperidine rings is 3. The molecule has 2 unspecified atom stereocenters. The van der Waals surface area contributed by atoms with Crippen LogP contribution in [0.4, 0.5) is 0 Å². The number of rotatable bonds is 6. The largest absolute Gasteiger partial charge is 0.462 e. The Labute approximate surface area is 272 Å². The van der Waals surface area contributed by atoms with Crippen molar-refractivity contribution in [3.8, 4) is 0 Å². The third-order valence-electron chi connectivity index (χ3n) is 10.9. The summed E-state index contributed by atoms with van der Waals surface area (Å²) >= 11 is 0. The molecule has 0 aromatic heterocycles. The number of esters is 3. The zero-order chi connectivity index (χ0) is 34.0. The van der Waals surface area contributed by atoms with Crippen molar-refractivity contribution in [2.45, 2.75) is 186 Å². The highest BCUT2D eigenvalue weighted by Gasteiger charge is 2.51. The zero-order valence-corrected chi connectivity index (χ0v) is 30.5. The van der Waals surface area contributed by atoms with E-state index in [2.05, 4.69) is 106 Å². The molecule has 3 aliphatic heterocycles. The first-order valence-corrected chi connectivity index (χ1v) is 17.2. The molecule has 45 heavy (non-hydrogen) atoms. The first-order valence-electron chi connectivity index (χ1n) is 17.2. The average molecular weight is 634 g/mol. The fourth-order valence-electron chi connectivity index (χ4n) is 9.50. The second-order valence-corrected chi connectivity index (χ2v) is 18.8. The molecule has 0 aromatic carbocycles. The van der Waals surface area contributed by atoms with Gasteiger partial charge >= 0.3 is 17.9 Å². The molecular formula is C36H63N3O6. The SMILES string of the molecule is CN1C(C)(C)CC(OC(=O)C2CC(C(=O)OC3CC(C)(C)NC(C)(C)C3)C(C(=O)OC3CC(C)(C)NC(C)(C)C3)C2)CC1(C)C. The molecule has 0 radical (unpaired) electrons. The molecule has 1 saturated carbocycles. The Morgan fingerprint density at radius 3 is 1.13 bits per heavy atom. The van der Waals surface area contributed by atoms with Crippen molar-refractivity contribution in [1.29, 1.82) is 0 Å². The molecular weight excluding hydrogens is 570 g/mol. The summed E-state index contributed by atoms with van der Waals surface area (Å²) in [5.74, 6) is -3.18. The number of likely N-dealkylation sites (tertiary alicyclic amines) is 1. The summed E-state index contributed by atoms with van der Waals surface area (Å²) in [7, 11) is 2.12. The molecule has 3 heterocycles. The van der Waals surface area contributed by atoms with Crippen molar-refractivity contribution in [3.05, 3.63) is 0 Å². The van der Waals surface area contributed by atoms with Crippen molar-refractivity contribution < 1.29 is 28.6 Å². The second kappa shape index (κ2) is 12.1. The van der Waals surface area contributed by atoms with Crippen LogP contribution in [-0.2, 0) is 28.6 Å². The van der Waals surface area contributed by atoms with E-state index in [-0.39, 0.29) is 70.4 Å². The number of hydrogen-bond donors (Lipinski definition) is 2. The molecule has 4 fully saturated rings. The van der Waals surface area contributed by atoms with Gasteiger partial charge in [0.25, 0.3) is 0 Å². The molecule has 9 nitrogen and oxygen atoms in total. The van der Waals surface area contributed by atoms with Crippen molar-refractivity contribution in [2.24, 2.45) is 17.8 Å². The Hall–Kier alpha value is -1.71. The molecule has 0 spiro atoms. The summed E-state index contributed by atoms with van der Waals surface area (Å²) in [6.07, 6.45) is 3.85. The predicted octanol–water partition coefficient (Wildman–Crippen LogP) is 5.53. The van der Waals surface area contributed by atoms with Crippen molar-refractivity contribution in [3.63, 3.8) is 0 Å². The minimum atomic E-state index is -0.746. The van der Waals surface area contributed by atoms with Gasteiger partial charge in [-0.05, 0) is 103 Å². The van der Waals surface area contributed by atoms with Crippen LogP contribution >= 0.6 is 0 Å². The number of hydrogen-bond acceptors (Lipinski definition) is 9. The summed E-state index contributed by atoms with van der Waals surface area (Å²) in [6.45, 7) is 25.6. The van der Waals surface area contributed by atoms with Crippen molar-refractivity contribution >= 4 is 17.9 Å². The van der Waals surface area contributed by atoms with Crippen LogP contribution in [0.3, 0.4) is 0 Å². The molecule has 2 N–H and O–H groups in total. The molecule has 258 valence electrons. The summed E-state index contributed by atoms with van der Waals surface area (Å²) in [4.78, 5) is 43.9. The van der Waals surface area contributed by atoms with E-state index in [1.807, 2.05) is 0 Å². The second-order valence-electron chi connectivity index (χ2n) is 18.8. The number of nitrogens with one attached hydrogen (secondary N) is 2. The maximum atomic E-state index is 13.9. The fourth-order valence-corrected chi connectivity index (χ4v) is 9.50. The molecule has 1 aliphatic carbocycles. The minimum Gasteiger partial charge on any atom is -0.462 e. The predicted molar refractivity (Wildman–Crippen MR) is 176 cm³/mol. The highest BCUT2D eigenvalue weighted by atomic mass is 16.6. The summed E-state index contributed by atoms with van der Waals surface area (Å²) in [6, 6.07) is 0. The Morgan fingerprint density at radius 1 is 0.511 bits per heavy atom. The lowest BCUT2D eigenvalue weighted by Crippen LogP contribution is -2.60. The van der Waals surface area contributed by atoms with Crippen LogP contribution in [0.2, 0.25) is 0 Å². The quantitative estimate of drug-likeness (QED) is 0.289. The zero-order valence-electron chi connectivity index (χ0n) is 30.5. The number of nitrogens with zero attached hydrogens (tertiary/aromatic N) is 1. The first kappa shape index (κ1) is 36.1. The molecule has 4 aliphatic rings. The standard InChI is InChI=1S/C36H63N3O6/c1-31(2)16-23(17-32(3,4)37-31)44-29(41)26-14-22(28(40)43-25-20-35(9,10)39(13)36(11,12)21-25)15-27(26)30(42)45-24-18-33(5,6)38-34(7,8)19-24/h22-27,37-38H,14-21H2,1-13H3. The van der Waals surface area contributed by atoms with Crippen molar-refractivity contribution in [2.75, 3.05) is 7.05 Å². The molecule has 4 rings (SSSR count). The highest BCUT2D eigenvalue weighted by Crippen LogP contribution is 2.43. The molecule has 0 aromatic rings. The van der Waals surface area contributed by atoms with Gasteiger partial charge in [0.05, 0.1) is 17.8 Å². The van der Waals surface area contributed by atoms with Crippen LogP contribution in [0.5, 0.6) is 0 Å². The molecule has 9 heteroatoms. The molecule has 3 saturated heterocycles. The first-order chi connectivity index (χ1) is 20.3. The highest BCUT2D eigenvalue weighted by molar-refractivity contribution is 5.85. The van der Waals surface area contributed by atoms with E-state index in [1.54, 1.807) is 0 Å². The third-order valence-corrected chi connectivity index (χ3v) is 10.9. The normalized spacial score (nSPS) is 32.9. The van der Waals surface area contributed by atoms with Crippen LogP contribution in [-0.4, -0.2) is 81.4 Å². The van der Waals surface area contributed by atoms with Gasteiger partial charge in [-0.15, -0.1) is 0 Å². The monoisotopic (exact) mass is 633 g/mol. The lowest BCUT2D eigenvalue weighted by molar-refractivity contribution is -0.169. The molecule has 0 bridgehead atoms. The summed E-state index contributed by atoms with van der Waals surface area (Å²) in [5, 5.41) is 7.26. The number of carbonyl (C=O) groups excluding carboxylic acids is 3. The van der Waals surface area contributed by atoms with E-state index in [0.29, 0.717) is 25.7 Å². The molecule has 0 amide bonds. The van der Waals surface area contributed by atoms with E-state index in [4.69, 9.17) is 14.2 Å². The number of carbonyl (C=O) groups is 3. The maximum Gasteiger partial charge on any atom is 0.310 e. The van der Waals surface area contributed by atoms with Gasteiger partial charge in [0.1, 0.15) is 18.3 Å². The van der Waals surface area contributed by atoms with E-state index >= 15 is 0 Å². The van der Waals surface area contributed by atoms with Gasteiger partial charge in [0, 0.05) is 71.8 Å². The van der Waals surface area contributed by atoms with Gasteiger partial charge in [0.2, 0.25) is 0 Å². The van der Waals surface area contributed by atoms with Crippen LogP contribution in [0, 0.1) is 17.8 Å². The summed E-state index contributed by atoms with van der Waals surface area (Å²) in [5.41, 5.74) is -1.05. The van der Waals surface area contributed by atoms with Crippen LogP contribution in [0.25, 0.3) is 0 Å².